The lowest BCUT2D eigenvalue weighted by Crippen LogP contribution is -1.92. The van der Waals surface area contributed by atoms with Crippen molar-refractivity contribution in [1.29, 1.82) is 0 Å². The minimum Gasteiger partial charge on any atom is -0.258 e. The molecule has 92 valence electrons. The number of halogens is 2. The van der Waals surface area contributed by atoms with Crippen LogP contribution in [0.15, 0.2) is 50.9 Å². The Morgan fingerprint density at radius 1 is 1.33 bits per heavy atom. The molecule has 0 atom stereocenters. The number of rotatable bonds is 3. The number of para-hydroxylation sites is 1. The lowest BCUT2D eigenvalue weighted by molar-refractivity contribution is -0.387. The normalized spacial score (nSPS) is 10.3. The van der Waals surface area contributed by atoms with Gasteiger partial charge in [-0.05, 0) is 40.2 Å². The first kappa shape index (κ1) is 13.3. The predicted octanol–water partition coefficient (Wildman–Crippen LogP) is 4.56. The van der Waals surface area contributed by atoms with Crippen LogP contribution in [0.2, 0.25) is 5.02 Å². The van der Waals surface area contributed by atoms with Crippen molar-refractivity contribution < 1.29 is 4.92 Å². The third kappa shape index (κ3) is 2.82. The van der Waals surface area contributed by atoms with Crippen LogP contribution in [0.5, 0.6) is 0 Å². The monoisotopic (exact) mass is 344 g/mol. The van der Waals surface area contributed by atoms with Gasteiger partial charge < -0.3 is 0 Å². The van der Waals surface area contributed by atoms with Crippen LogP contribution in [-0.4, -0.2) is 9.91 Å². The van der Waals surface area contributed by atoms with E-state index in [-0.39, 0.29) is 10.7 Å². The van der Waals surface area contributed by atoms with E-state index in [1.54, 1.807) is 24.4 Å². The summed E-state index contributed by atoms with van der Waals surface area (Å²) in [4.78, 5) is 15.1. The molecule has 0 aliphatic carbocycles. The summed E-state index contributed by atoms with van der Waals surface area (Å²) in [5.41, 5.74) is -0.0956. The molecule has 0 radical (unpaired) electrons. The van der Waals surface area contributed by atoms with Crippen molar-refractivity contribution in [3.8, 4) is 0 Å². The summed E-state index contributed by atoms with van der Waals surface area (Å²) in [6.45, 7) is 0. The van der Waals surface area contributed by atoms with Gasteiger partial charge in [-0.15, -0.1) is 0 Å². The number of aromatic nitrogens is 1. The largest absolute Gasteiger partial charge is 0.301 e. The average Bonchev–Trinajstić information content (AvgIpc) is 2.31. The lowest BCUT2D eigenvalue weighted by atomic mass is 10.3. The Morgan fingerprint density at radius 2 is 2.11 bits per heavy atom. The SMILES string of the molecule is O=[N+]([O-])c1c(Cl)cccc1Sc1ncccc1Br. The average molecular weight is 346 g/mol. The standard InChI is InChI=1S/C11H6BrClN2O2S/c12-7-3-2-6-14-11(7)18-9-5-1-4-8(13)10(9)15(16)17/h1-6H. The number of hydrogen-bond acceptors (Lipinski definition) is 4. The molecule has 2 aromatic rings. The molecule has 1 heterocycles. The van der Waals surface area contributed by atoms with Crippen molar-refractivity contribution in [3.63, 3.8) is 0 Å². The van der Waals surface area contributed by atoms with Crippen LogP contribution in [0, 0.1) is 10.1 Å². The number of pyridine rings is 1. The van der Waals surface area contributed by atoms with Gasteiger partial charge in [-0.25, -0.2) is 4.98 Å². The van der Waals surface area contributed by atoms with Crippen molar-refractivity contribution in [2.45, 2.75) is 9.92 Å². The first-order chi connectivity index (χ1) is 8.59. The van der Waals surface area contributed by atoms with E-state index in [2.05, 4.69) is 20.9 Å². The Bertz CT molecular complexity index is 609. The molecule has 0 fully saturated rings. The minimum absolute atomic E-state index is 0.0956. The second-order valence-corrected chi connectivity index (χ2v) is 5.53. The zero-order valence-corrected chi connectivity index (χ0v) is 12.0. The van der Waals surface area contributed by atoms with Gasteiger partial charge in [-0.2, -0.15) is 0 Å². The molecule has 0 saturated heterocycles. The number of nitrogens with zero attached hydrogens (tertiary/aromatic N) is 2. The van der Waals surface area contributed by atoms with Crippen LogP contribution in [0.25, 0.3) is 0 Å². The molecule has 2 rings (SSSR count). The summed E-state index contributed by atoms with van der Waals surface area (Å²) in [5, 5.41) is 11.8. The zero-order chi connectivity index (χ0) is 13.1. The molecule has 0 aliphatic rings. The number of nitro groups is 1. The Hall–Kier alpha value is -1.11. The van der Waals surface area contributed by atoms with Gasteiger partial charge >= 0.3 is 5.69 Å². The third-order valence-electron chi connectivity index (χ3n) is 2.06. The summed E-state index contributed by atoms with van der Waals surface area (Å²) in [7, 11) is 0. The van der Waals surface area contributed by atoms with E-state index in [1.807, 2.05) is 6.07 Å². The van der Waals surface area contributed by atoms with Crippen molar-refractivity contribution >= 4 is 45.0 Å². The topological polar surface area (TPSA) is 56.0 Å². The summed E-state index contributed by atoms with van der Waals surface area (Å²) in [6, 6.07) is 8.42. The van der Waals surface area contributed by atoms with Crippen LogP contribution < -0.4 is 0 Å². The molecule has 18 heavy (non-hydrogen) atoms. The van der Waals surface area contributed by atoms with Crippen LogP contribution >= 0.6 is 39.3 Å². The van der Waals surface area contributed by atoms with Crippen LogP contribution in [0.4, 0.5) is 5.69 Å². The van der Waals surface area contributed by atoms with Gasteiger partial charge in [0.25, 0.3) is 0 Å². The smallest absolute Gasteiger partial charge is 0.258 e. The van der Waals surface area contributed by atoms with Crippen LogP contribution in [-0.2, 0) is 0 Å². The van der Waals surface area contributed by atoms with Crippen molar-refractivity contribution in [3.05, 3.63) is 56.1 Å². The second kappa shape index (κ2) is 5.69. The van der Waals surface area contributed by atoms with Crippen LogP contribution in [0.1, 0.15) is 0 Å². The van der Waals surface area contributed by atoms with E-state index in [1.165, 1.54) is 17.8 Å². The van der Waals surface area contributed by atoms with Crippen molar-refractivity contribution in [1.82, 2.24) is 4.98 Å². The Kier molecular flexibility index (Phi) is 4.21. The molecule has 7 heteroatoms. The highest BCUT2D eigenvalue weighted by atomic mass is 79.9. The maximum atomic E-state index is 11.0. The first-order valence-electron chi connectivity index (χ1n) is 4.81. The maximum absolute atomic E-state index is 11.0. The second-order valence-electron chi connectivity index (χ2n) is 3.24. The Labute approximate surface area is 121 Å². The molecule has 0 spiro atoms. The van der Waals surface area contributed by atoms with E-state index < -0.39 is 4.92 Å². The van der Waals surface area contributed by atoms with E-state index >= 15 is 0 Å². The quantitative estimate of drug-likeness (QED) is 0.604. The fourth-order valence-electron chi connectivity index (χ4n) is 1.31. The zero-order valence-electron chi connectivity index (χ0n) is 8.84. The molecule has 1 aromatic carbocycles. The van der Waals surface area contributed by atoms with Crippen molar-refractivity contribution in [2.75, 3.05) is 0 Å². The van der Waals surface area contributed by atoms with Crippen LogP contribution in [0.3, 0.4) is 0 Å². The highest BCUT2D eigenvalue weighted by Crippen LogP contribution is 2.40. The fraction of sp³-hybridized carbons (Fsp3) is 0. The van der Waals surface area contributed by atoms with E-state index in [0.717, 1.165) is 4.47 Å². The fourth-order valence-corrected chi connectivity index (χ4v) is 3.02. The van der Waals surface area contributed by atoms with E-state index in [9.17, 15) is 10.1 Å². The number of benzene rings is 1. The van der Waals surface area contributed by atoms with Gasteiger partial charge in [0.05, 0.1) is 14.3 Å². The molecular formula is C11H6BrClN2O2S. The van der Waals surface area contributed by atoms with Gasteiger partial charge in [0.15, 0.2) is 0 Å². The minimum atomic E-state index is -0.485. The highest BCUT2D eigenvalue weighted by Gasteiger charge is 2.20. The molecule has 1 aromatic heterocycles. The lowest BCUT2D eigenvalue weighted by Gasteiger charge is -2.04. The van der Waals surface area contributed by atoms with E-state index in [0.29, 0.717) is 9.92 Å². The van der Waals surface area contributed by atoms with Gasteiger partial charge in [0.1, 0.15) is 10.0 Å². The molecule has 0 unspecified atom stereocenters. The number of hydrogen-bond donors (Lipinski definition) is 0. The summed E-state index contributed by atoms with van der Waals surface area (Å²) < 4.78 is 0.782. The molecule has 0 N–H and O–H groups in total. The molecule has 0 saturated carbocycles. The summed E-state index contributed by atoms with van der Waals surface area (Å²) in [5.74, 6) is 0. The first-order valence-corrected chi connectivity index (χ1v) is 6.79. The van der Waals surface area contributed by atoms with Gasteiger partial charge in [0.2, 0.25) is 0 Å². The van der Waals surface area contributed by atoms with Gasteiger partial charge in [0, 0.05) is 6.20 Å². The van der Waals surface area contributed by atoms with Crippen molar-refractivity contribution in [2.24, 2.45) is 0 Å². The van der Waals surface area contributed by atoms with E-state index in [4.69, 9.17) is 11.6 Å². The molecule has 0 amide bonds. The predicted molar refractivity (Wildman–Crippen MR) is 74.2 cm³/mol. The van der Waals surface area contributed by atoms with Gasteiger partial charge in [-0.1, -0.05) is 29.4 Å². The highest BCUT2D eigenvalue weighted by molar-refractivity contribution is 9.10. The molecule has 4 nitrogen and oxygen atoms in total. The summed E-state index contributed by atoms with van der Waals surface area (Å²) >= 11 is 10.4. The molecular weight excluding hydrogens is 340 g/mol. The third-order valence-corrected chi connectivity index (χ3v) is 4.34. The Morgan fingerprint density at radius 3 is 2.78 bits per heavy atom. The summed E-state index contributed by atoms with van der Waals surface area (Å²) in [6.07, 6.45) is 1.63. The number of nitro benzene ring substituents is 1. The maximum Gasteiger partial charge on any atom is 0.301 e. The van der Waals surface area contributed by atoms with Gasteiger partial charge in [-0.3, -0.25) is 10.1 Å². The molecule has 0 bridgehead atoms. The molecule has 0 aliphatic heterocycles. The Balaban J connectivity index is 2.44.